The van der Waals surface area contributed by atoms with Gasteiger partial charge in [-0.15, -0.1) is 0 Å². The van der Waals surface area contributed by atoms with E-state index in [1.807, 2.05) is 18.2 Å². The van der Waals surface area contributed by atoms with Gasteiger partial charge in [0, 0.05) is 37.9 Å². The van der Waals surface area contributed by atoms with E-state index in [4.69, 9.17) is 0 Å². The second-order valence-electron chi connectivity index (χ2n) is 7.19. The molecule has 2 N–H and O–H groups in total. The van der Waals surface area contributed by atoms with Crippen LogP contribution >= 0.6 is 0 Å². The Morgan fingerprint density at radius 2 is 1.92 bits per heavy atom. The van der Waals surface area contributed by atoms with Crippen molar-refractivity contribution in [2.75, 3.05) is 24.5 Å². The molecule has 1 aromatic heterocycles. The summed E-state index contributed by atoms with van der Waals surface area (Å²) in [6.07, 6.45) is 6.38. The van der Waals surface area contributed by atoms with E-state index in [-0.39, 0.29) is 11.9 Å². The zero-order valence-corrected chi connectivity index (χ0v) is 15.0. The summed E-state index contributed by atoms with van der Waals surface area (Å²) >= 11 is 0. The average Bonchev–Trinajstić information content (AvgIpc) is 3.22. The summed E-state index contributed by atoms with van der Waals surface area (Å²) in [4.78, 5) is 19.6. The SMILES string of the molecule is O=C(NC1CCCC1)c1cccnc1N1CCN[C@H](c2ccccc2)C1. The van der Waals surface area contributed by atoms with Gasteiger partial charge >= 0.3 is 0 Å². The lowest BCUT2D eigenvalue weighted by atomic mass is 10.0. The normalized spacial score (nSPS) is 20.9. The molecule has 2 aliphatic rings. The Labute approximate surface area is 154 Å². The number of rotatable bonds is 4. The minimum Gasteiger partial charge on any atom is -0.353 e. The number of aromatic nitrogens is 1. The molecule has 0 radical (unpaired) electrons. The molecule has 4 rings (SSSR count). The van der Waals surface area contributed by atoms with Crippen LogP contribution in [0, 0.1) is 0 Å². The number of nitrogens with one attached hydrogen (secondary N) is 2. The minimum atomic E-state index is 0.00907. The molecule has 1 aromatic carbocycles. The Bertz CT molecular complexity index is 743. The molecule has 2 heterocycles. The summed E-state index contributed by atoms with van der Waals surface area (Å²) in [6.45, 7) is 2.54. The topological polar surface area (TPSA) is 57.3 Å². The van der Waals surface area contributed by atoms with Crippen LogP contribution in [-0.4, -0.2) is 36.6 Å². The molecule has 26 heavy (non-hydrogen) atoms. The van der Waals surface area contributed by atoms with Gasteiger partial charge in [0.2, 0.25) is 0 Å². The molecule has 2 aromatic rings. The van der Waals surface area contributed by atoms with Crippen molar-refractivity contribution in [3.05, 3.63) is 59.8 Å². The van der Waals surface area contributed by atoms with E-state index in [0.717, 1.165) is 38.3 Å². The van der Waals surface area contributed by atoms with E-state index in [0.29, 0.717) is 11.6 Å². The lowest BCUT2D eigenvalue weighted by Gasteiger charge is -2.35. The van der Waals surface area contributed by atoms with Crippen molar-refractivity contribution in [1.29, 1.82) is 0 Å². The maximum Gasteiger partial charge on any atom is 0.255 e. The summed E-state index contributed by atoms with van der Waals surface area (Å²) < 4.78 is 0. The second kappa shape index (κ2) is 7.87. The number of anilines is 1. The maximum atomic E-state index is 12.8. The van der Waals surface area contributed by atoms with Crippen LogP contribution in [0.4, 0.5) is 5.82 Å². The van der Waals surface area contributed by atoms with Crippen LogP contribution in [0.1, 0.15) is 47.6 Å². The number of amides is 1. The van der Waals surface area contributed by atoms with Crippen LogP contribution < -0.4 is 15.5 Å². The van der Waals surface area contributed by atoms with Gasteiger partial charge in [0.05, 0.1) is 5.56 Å². The molecule has 1 amide bonds. The Morgan fingerprint density at radius 1 is 1.12 bits per heavy atom. The highest BCUT2D eigenvalue weighted by atomic mass is 16.1. The third-order valence-corrected chi connectivity index (χ3v) is 5.40. The number of nitrogens with zero attached hydrogens (tertiary/aromatic N) is 2. The van der Waals surface area contributed by atoms with E-state index in [1.165, 1.54) is 18.4 Å². The summed E-state index contributed by atoms with van der Waals surface area (Å²) in [7, 11) is 0. The summed E-state index contributed by atoms with van der Waals surface area (Å²) in [5.74, 6) is 0.806. The number of pyridine rings is 1. The molecule has 0 spiro atoms. The Balaban J connectivity index is 1.52. The van der Waals surface area contributed by atoms with Crippen molar-refractivity contribution in [2.24, 2.45) is 0 Å². The third kappa shape index (κ3) is 3.73. The number of carbonyl (C=O) groups is 1. The van der Waals surface area contributed by atoms with Crippen molar-refractivity contribution in [3.63, 3.8) is 0 Å². The van der Waals surface area contributed by atoms with Crippen molar-refractivity contribution < 1.29 is 4.79 Å². The van der Waals surface area contributed by atoms with E-state index < -0.39 is 0 Å². The molecule has 0 unspecified atom stereocenters. The predicted octanol–water partition coefficient (Wildman–Crippen LogP) is 2.90. The lowest BCUT2D eigenvalue weighted by Crippen LogP contribution is -2.47. The van der Waals surface area contributed by atoms with Gasteiger partial charge in [-0.1, -0.05) is 43.2 Å². The highest BCUT2D eigenvalue weighted by Crippen LogP contribution is 2.25. The Kier molecular flexibility index (Phi) is 5.16. The molecule has 1 aliphatic carbocycles. The second-order valence-corrected chi connectivity index (χ2v) is 7.19. The molecule has 1 aliphatic heterocycles. The maximum absolute atomic E-state index is 12.8. The smallest absolute Gasteiger partial charge is 0.255 e. The largest absolute Gasteiger partial charge is 0.353 e. The van der Waals surface area contributed by atoms with Gasteiger partial charge in [0.1, 0.15) is 5.82 Å². The van der Waals surface area contributed by atoms with Crippen LogP contribution in [0.15, 0.2) is 48.7 Å². The summed E-state index contributed by atoms with van der Waals surface area (Å²) in [6, 6.07) is 14.8. The molecule has 0 bridgehead atoms. The molecule has 1 saturated carbocycles. The lowest BCUT2D eigenvalue weighted by molar-refractivity contribution is 0.0938. The first-order chi connectivity index (χ1) is 12.8. The number of benzene rings is 1. The van der Waals surface area contributed by atoms with Crippen molar-refractivity contribution >= 4 is 11.7 Å². The zero-order valence-electron chi connectivity index (χ0n) is 15.0. The average molecular weight is 350 g/mol. The fourth-order valence-corrected chi connectivity index (χ4v) is 4.01. The third-order valence-electron chi connectivity index (χ3n) is 5.40. The van der Waals surface area contributed by atoms with Gasteiger partial charge < -0.3 is 15.5 Å². The minimum absolute atomic E-state index is 0.00907. The predicted molar refractivity (Wildman–Crippen MR) is 103 cm³/mol. The monoisotopic (exact) mass is 350 g/mol. The molecular weight excluding hydrogens is 324 g/mol. The molecule has 136 valence electrons. The molecule has 1 saturated heterocycles. The van der Waals surface area contributed by atoms with Crippen LogP contribution in [0.5, 0.6) is 0 Å². The first-order valence-electron chi connectivity index (χ1n) is 9.60. The van der Waals surface area contributed by atoms with Gasteiger partial charge in [-0.25, -0.2) is 4.98 Å². The first kappa shape index (κ1) is 17.0. The van der Waals surface area contributed by atoms with Gasteiger partial charge in [0.25, 0.3) is 5.91 Å². The fourth-order valence-electron chi connectivity index (χ4n) is 4.01. The molecule has 1 atom stereocenters. The fraction of sp³-hybridized carbons (Fsp3) is 0.429. The Morgan fingerprint density at radius 3 is 2.73 bits per heavy atom. The highest BCUT2D eigenvalue weighted by Gasteiger charge is 2.26. The molecular formula is C21H26N4O. The first-order valence-corrected chi connectivity index (χ1v) is 9.60. The Hall–Kier alpha value is -2.40. The van der Waals surface area contributed by atoms with E-state index in [9.17, 15) is 4.79 Å². The van der Waals surface area contributed by atoms with Gasteiger partial charge in [-0.05, 0) is 30.5 Å². The summed E-state index contributed by atoms with van der Waals surface area (Å²) in [5.41, 5.74) is 1.96. The number of hydrogen-bond donors (Lipinski definition) is 2. The van der Waals surface area contributed by atoms with E-state index >= 15 is 0 Å². The van der Waals surface area contributed by atoms with Crippen molar-refractivity contribution in [3.8, 4) is 0 Å². The molecule has 5 nitrogen and oxygen atoms in total. The van der Waals surface area contributed by atoms with Crippen molar-refractivity contribution in [2.45, 2.75) is 37.8 Å². The van der Waals surface area contributed by atoms with Crippen LogP contribution in [0.2, 0.25) is 0 Å². The standard InChI is InChI=1S/C21H26N4O/c26-21(24-17-9-4-5-10-17)18-11-6-12-23-20(18)25-14-13-22-19(15-25)16-7-2-1-3-8-16/h1-3,6-8,11-12,17,19,22H,4-5,9-10,13-15H2,(H,24,26)/t19-/m0/s1. The van der Waals surface area contributed by atoms with Crippen LogP contribution in [0.3, 0.4) is 0 Å². The van der Waals surface area contributed by atoms with E-state index in [2.05, 4.69) is 44.8 Å². The number of carbonyl (C=O) groups excluding carboxylic acids is 1. The summed E-state index contributed by atoms with van der Waals surface area (Å²) in [5, 5.41) is 6.77. The van der Waals surface area contributed by atoms with Crippen LogP contribution in [0.25, 0.3) is 0 Å². The number of piperazine rings is 1. The van der Waals surface area contributed by atoms with Gasteiger partial charge in [0.15, 0.2) is 0 Å². The van der Waals surface area contributed by atoms with Gasteiger partial charge in [-0.3, -0.25) is 4.79 Å². The van der Waals surface area contributed by atoms with E-state index in [1.54, 1.807) is 6.20 Å². The van der Waals surface area contributed by atoms with Gasteiger partial charge in [-0.2, -0.15) is 0 Å². The molecule has 5 heteroatoms. The quantitative estimate of drug-likeness (QED) is 0.890. The zero-order chi connectivity index (χ0) is 17.8. The number of hydrogen-bond acceptors (Lipinski definition) is 4. The van der Waals surface area contributed by atoms with Crippen molar-refractivity contribution in [1.82, 2.24) is 15.6 Å². The molecule has 2 fully saturated rings. The highest BCUT2D eigenvalue weighted by molar-refractivity contribution is 5.99. The van der Waals surface area contributed by atoms with Crippen LogP contribution in [-0.2, 0) is 0 Å².